The number of carbonyl (C=O) groups excluding carboxylic acids is 1. The molecule has 0 atom stereocenters. The predicted molar refractivity (Wildman–Crippen MR) is 71.5 cm³/mol. The summed E-state index contributed by atoms with van der Waals surface area (Å²) in [4.78, 5) is 13.9. The first-order valence-corrected chi connectivity index (χ1v) is 6.74. The predicted octanol–water partition coefficient (Wildman–Crippen LogP) is 1.84. The average molecular weight is 262 g/mol. The highest BCUT2D eigenvalue weighted by molar-refractivity contribution is 5.81. The highest BCUT2D eigenvalue weighted by Gasteiger charge is 2.17. The minimum Gasteiger partial charge on any atom is -0.454 e. The van der Waals surface area contributed by atoms with Crippen molar-refractivity contribution in [1.82, 2.24) is 4.90 Å². The fraction of sp³-hybridized carbons (Fsp3) is 0.500. The Labute approximate surface area is 112 Å². The summed E-state index contributed by atoms with van der Waals surface area (Å²) in [6.07, 6.45) is 3.48. The molecule has 0 bridgehead atoms. The molecule has 0 saturated carbocycles. The Morgan fingerprint density at radius 2 is 1.95 bits per heavy atom. The van der Waals surface area contributed by atoms with E-state index in [2.05, 4.69) is 5.32 Å². The second-order valence-electron chi connectivity index (χ2n) is 4.86. The molecule has 3 rings (SSSR count). The Balaban J connectivity index is 1.55. The molecule has 1 saturated heterocycles. The first-order valence-electron chi connectivity index (χ1n) is 6.74. The van der Waals surface area contributed by atoms with E-state index in [0.717, 1.165) is 43.1 Å². The van der Waals surface area contributed by atoms with Crippen LogP contribution in [0.3, 0.4) is 0 Å². The van der Waals surface area contributed by atoms with Crippen LogP contribution in [0.1, 0.15) is 19.3 Å². The largest absolute Gasteiger partial charge is 0.454 e. The van der Waals surface area contributed by atoms with Crippen LogP contribution in [0, 0.1) is 0 Å². The van der Waals surface area contributed by atoms with Crippen LogP contribution < -0.4 is 14.8 Å². The van der Waals surface area contributed by atoms with Gasteiger partial charge in [-0.2, -0.15) is 0 Å². The first kappa shape index (κ1) is 12.1. The van der Waals surface area contributed by atoms with E-state index in [1.165, 1.54) is 6.42 Å². The molecule has 19 heavy (non-hydrogen) atoms. The summed E-state index contributed by atoms with van der Waals surface area (Å²) in [5.74, 6) is 1.65. The molecular weight excluding hydrogens is 244 g/mol. The summed E-state index contributed by atoms with van der Waals surface area (Å²) >= 11 is 0. The van der Waals surface area contributed by atoms with Crippen molar-refractivity contribution < 1.29 is 14.3 Å². The number of hydrogen-bond donors (Lipinski definition) is 1. The molecule has 1 aromatic rings. The summed E-state index contributed by atoms with van der Waals surface area (Å²) in [6, 6.07) is 5.62. The van der Waals surface area contributed by atoms with Gasteiger partial charge < -0.3 is 19.7 Å². The third kappa shape index (κ3) is 2.75. The van der Waals surface area contributed by atoms with E-state index in [1.807, 2.05) is 23.1 Å². The highest BCUT2D eigenvalue weighted by atomic mass is 16.7. The zero-order valence-electron chi connectivity index (χ0n) is 10.9. The minimum absolute atomic E-state index is 0.164. The Hall–Kier alpha value is -1.91. The topological polar surface area (TPSA) is 50.8 Å². The van der Waals surface area contributed by atoms with Gasteiger partial charge in [0.05, 0.1) is 6.54 Å². The van der Waals surface area contributed by atoms with Crippen molar-refractivity contribution in [2.45, 2.75) is 19.3 Å². The third-order valence-electron chi connectivity index (χ3n) is 3.53. The Bertz CT molecular complexity index is 470. The maximum atomic E-state index is 12.0. The van der Waals surface area contributed by atoms with Crippen LogP contribution in [0.4, 0.5) is 5.69 Å². The molecule has 1 aromatic carbocycles. The number of amides is 1. The Morgan fingerprint density at radius 1 is 1.16 bits per heavy atom. The summed E-state index contributed by atoms with van der Waals surface area (Å²) < 4.78 is 10.6. The third-order valence-corrected chi connectivity index (χ3v) is 3.53. The Morgan fingerprint density at radius 3 is 2.79 bits per heavy atom. The number of nitrogens with zero attached hydrogens (tertiary/aromatic N) is 1. The fourth-order valence-electron chi connectivity index (χ4n) is 2.44. The van der Waals surface area contributed by atoms with Crippen LogP contribution in [-0.4, -0.2) is 37.2 Å². The molecule has 5 nitrogen and oxygen atoms in total. The summed E-state index contributed by atoms with van der Waals surface area (Å²) in [5, 5.41) is 3.14. The first-order chi connectivity index (χ1) is 9.33. The molecule has 0 radical (unpaired) electrons. The molecule has 0 spiro atoms. The number of hydrogen-bond acceptors (Lipinski definition) is 4. The van der Waals surface area contributed by atoms with Gasteiger partial charge in [-0.3, -0.25) is 4.79 Å². The van der Waals surface area contributed by atoms with Gasteiger partial charge >= 0.3 is 0 Å². The van der Waals surface area contributed by atoms with E-state index in [9.17, 15) is 4.79 Å². The van der Waals surface area contributed by atoms with Crippen molar-refractivity contribution in [3.63, 3.8) is 0 Å². The van der Waals surface area contributed by atoms with Gasteiger partial charge in [-0.15, -0.1) is 0 Å². The number of piperidine rings is 1. The molecular formula is C14H18N2O3. The van der Waals surface area contributed by atoms with Crippen LogP contribution in [-0.2, 0) is 4.79 Å². The standard InChI is InChI=1S/C14H18N2O3/c17-14(16-6-2-1-3-7-16)9-15-11-4-5-12-13(8-11)19-10-18-12/h4-5,8,15H,1-3,6-7,9-10H2. The number of ether oxygens (including phenoxy) is 2. The number of fused-ring (bicyclic) bond motifs is 1. The van der Waals surface area contributed by atoms with E-state index in [1.54, 1.807) is 0 Å². The second kappa shape index (κ2) is 5.38. The van der Waals surface area contributed by atoms with Crippen molar-refractivity contribution in [1.29, 1.82) is 0 Å². The molecule has 2 aliphatic rings. The van der Waals surface area contributed by atoms with Crippen LogP contribution >= 0.6 is 0 Å². The SMILES string of the molecule is O=C(CNc1ccc2c(c1)OCO2)N1CCCCC1. The van der Waals surface area contributed by atoms with Gasteiger partial charge in [-0.05, 0) is 31.4 Å². The zero-order valence-corrected chi connectivity index (χ0v) is 10.9. The molecule has 2 aliphatic heterocycles. The lowest BCUT2D eigenvalue weighted by Gasteiger charge is -2.26. The quantitative estimate of drug-likeness (QED) is 0.903. The zero-order chi connectivity index (χ0) is 13.1. The van der Waals surface area contributed by atoms with Gasteiger partial charge in [-0.1, -0.05) is 0 Å². The molecule has 0 unspecified atom stereocenters. The van der Waals surface area contributed by atoms with Crippen LogP contribution in [0.5, 0.6) is 11.5 Å². The normalized spacial score (nSPS) is 17.4. The summed E-state index contributed by atoms with van der Waals surface area (Å²) in [5.41, 5.74) is 0.884. The van der Waals surface area contributed by atoms with Crippen molar-refractivity contribution in [3.8, 4) is 11.5 Å². The minimum atomic E-state index is 0.164. The van der Waals surface area contributed by atoms with Crippen LogP contribution in [0.15, 0.2) is 18.2 Å². The van der Waals surface area contributed by atoms with Crippen LogP contribution in [0.2, 0.25) is 0 Å². The number of likely N-dealkylation sites (tertiary alicyclic amines) is 1. The molecule has 102 valence electrons. The average Bonchev–Trinajstić information content (AvgIpc) is 2.93. The number of anilines is 1. The summed E-state index contributed by atoms with van der Waals surface area (Å²) in [7, 11) is 0. The molecule has 1 amide bonds. The summed E-state index contributed by atoms with van der Waals surface area (Å²) in [6.45, 7) is 2.38. The molecule has 1 fully saturated rings. The molecule has 0 aromatic heterocycles. The van der Waals surface area contributed by atoms with E-state index in [-0.39, 0.29) is 12.7 Å². The molecule has 0 aliphatic carbocycles. The van der Waals surface area contributed by atoms with Gasteiger partial charge in [0.2, 0.25) is 12.7 Å². The Kier molecular flexibility index (Phi) is 3.44. The lowest BCUT2D eigenvalue weighted by Crippen LogP contribution is -2.39. The van der Waals surface area contributed by atoms with Crippen molar-refractivity contribution in [2.75, 3.05) is 31.7 Å². The van der Waals surface area contributed by atoms with E-state index in [0.29, 0.717) is 6.54 Å². The molecule has 2 heterocycles. The number of carbonyl (C=O) groups is 1. The lowest BCUT2D eigenvalue weighted by molar-refractivity contribution is -0.130. The number of nitrogens with one attached hydrogen (secondary N) is 1. The van der Waals surface area contributed by atoms with Gasteiger partial charge in [0, 0.05) is 24.8 Å². The number of rotatable bonds is 3. The maximum Gasteiger partial charge on any atom is 0.241 e. The van der Waals surface area contributed by atoms with Crippen LogP contribution in [0.25, 0.3) is 0 Å². The van der Waals surface area contributed by atoms with E-state index in [4.69, 9.17) is 9.47 Å². The van der Waals surface area contributed by atoms with Crippen molar-refractivity contribution in [3.05, 3.63) is 18.2 Å². The van der Waals surface area contributed by atoms with E-state index >= 15 is 0 Å². The van der Waals surface area contributed by atoms with Crippen molar-refractivity contribution >= 4 is 11.6 Å². The number of benzene rings is 1. The molecule has 1 N–H and O–H groups in total. The van der Waals surface area contributed by atoms with Gasteiger partial charge in [-0.25, -0.2) is 0 Å². The maximum absolute atomic E-state index is 12.0. The highest BCUT2D eigenvalue weighted by Crippen LogP contribution is 2.34. The van der Waals surface area contributed by atoms with Crippen molar-refractivity contribution in [2.24, 2.45) is 0 Å². The lowest BCUT2D eigenvalue weighted by atomic mass is 10.1. The van der Waals surface area contributed by atoms with Gasteiger partial charge in [0.25, 0.3) is 0 Å². The van der Waals surface area contributed by atoms with E-state index < -0.39 is 0 Å². The second-order valence-corrected chi connectivity index (χ2v) is 4.86. The van der Waals surface area contributed by atoms with Gasteiger partial charge in [0.15, 0.2) is 11.5 Å². The smallest absolute Gasteiger partial charge is 0.241 e. The fourth-order valence-corrected chi connectivity index (χ4v) is 2.44. The van der Waals surface area contributed by atoms with Gasteiger partial charge in [0.1, 0.15) is 0 Å². The monoisotopic (exact) mass is 262 g/mol. The molecule has 5 heteroatoms.